The maximum atomic E-state index is 13.2. The summed E-state index contributed by atoms with van der Waals surface area (Å²) >= 11 is 4.21. The van der Waals surface area contributed by atoms with Gasteiger partial charge in [0.2, 0.25) is 35.4 Å². The van der Waals surface area contributed by atoms with Crippen molar-refractivity contribution in [2.24, 2.45) is 11.8 Å². The molecule has 1 fully saturated rings. The van der Waals surface area contributed by atoms with E-state index in [2.05, 4.69) is 55.2 Å². The van der Waals surface area contributed by atoms with Crippen molar-refractivity contribution in [3.8, 4) is 0 Å². The van der Waals surface area contributed by atoms with Crippen LogP contribution >= 0.6 is 12.6 Å². The Hall–Kier alpha value is -6.05. The number of amides is 8. The zero-order valence-electron chi connectivity index (χ0n) is 43.5. The van der Waals surface area contributed by atoms with E-state index in [1.807, 2.05) is 12.4 Å². The van der Waals surface area contributed by atoms with E-state index in [1.54, 1.807) is 0 Å². The minimum atomic E-state index is -1.56. The lowest BCUT2D eigenvalue weighted by Crippen LogP contribution is -2.54. The summed E-state index contributed by atoms with van der Waals surface area (Å²) < 4.78 is 0. The van der Waals surface area contributed by atoms with Gasteiger partial charge in [-0.1, -0.05) is 25.7 Å². The number of nitrogens with one attached hydrogen (secondary N) is 9. The fourth-order valence-electron chi connectivity index (χ4n) is 8.17. The highest BCUT2D eigenvalue weighted by Gasteiger charge is 2.29. The maximum absolute atomic E-state index is 13.2. The highest BCUT2D eigenvalue weighted by molar-refractivity contribution is 7.80. The Kier molecular flexibility index (Phi) is 35.2. The number of thiol groups is 1. The normalized spacial score (nSPS) is 16.0. The summed E-state index contributed by atoms with van der Waals surface area (Å²) in [5.74, 6) is -8.05. The molecule has 0 aromatic rings. The largest absolute Gasteiger partial charge is 0.481 e. The molecule has 0 heterocycles. The number of carbonyl (C=O) groups is 12. The lowest BCUT2D eigenvalue weighted by Gasteiger charge is -2.28. The van der Waals surface area contributed by atoms with Crippen molar-refractivity contribution in [2.75, 3.05) is 39.0 Å². The Morgan fingerprint density at radius 3 is 1.49 bits per heavy atom. The molecule has 13 N–H and O–H groups in total. The first-order valence-corrected chi connectivity index (χ1v) is 26.7. The summed E-state index contributed by atoms with van der Waals surface area (Å²) in [6, 6.07) is -6.94. The molecule has 25 nitrogen and oxygen atoms in total. The van der Waals surface area contributed by atoms with Crippen LogP contribution in [0.25, 0.3) is 0 Å². The zero-order chi connectivity index (χ0) is 56.1. The van der Waals surface area contributed by atoms with Gasteiger partial charge in [-0.25, -0.2) is 14.4 Å². The first-order chi connectivity index (χ1) is 35.7. The monoisotopic (exact) mass is 1090 g/mol. The third-order valence-corrected chi connectivity index (χ3v) is 13.1. The molecule has 75 heavy (non-hydrogen) atoms. The van der Waals surface area contributed by atoms with E-state index in [0.29, 0.717) is 90.3 Å². The van der Waals surface area contributed by atoms with Gasteiger partial charge in [0.1, 0.15) is 24.2 Å². The second-order valence-corrected chi connectivity index (χ2v) is 19.3. The molecule has 1 saturated carbocycles. The molecule has 5 unspecified atom stereocenters. The summed E-state index contributed by atoms with van der Waals surface area (Å²) in [6.07, 6.45) is 8.38. The molecule has 0 aromatic carbocycles. The van der Waals surface area contributed by atoms with Gasteiger partial charge < -0.3 is 68.3 Å². The standard InChI is InChI=1S/C49H83N9O16S/c1-31(59)34(13-9-12-26-50-2)54-40(61)14-7-4-3-5-10-28-52-45(68)38(30-75)56-46(69)35(21-24-42(63)64)55-41(62)15-8-6-11-27-51-44(67)33-18-16-32(17-19-33)29-53-39(60)23-20-36(47(70)71)57-49(74)58-37(48(72)73)22-25-43(65)66/h32-38,50,75H,3-30H2,1-2H3,(H,51,67)(H,52,68)(H,53,60)(H,54,61)(H,55,62)(H,56,69)(H,63,64)(H,65,66)(H,70,71)(H,72,73)(H2,57,58,74). The molecule has 0 aromatic heterocycles. The number of urea groups is 1. The van der Waals surface area contributed by atoms with E-state index in [0.717, 1.165) is 38.6 Å². The second-order valence-electron chi connectivity index (χ2n) is 18.9. The molecule has 26 heteroatoms. The number of hydrogen-bond acceptors (Lipinski definition) is 14. The molecular weight excluding hydrogens is 1000 g/mol. The van der Waals surface area contributed by atoms with Crippen LogP contribution in [0.15, 0.2) is 0 Å². The molecule has 0 saturated heterocycles. The van der Waals surface area contributed by atoms with Crippen LogP contribution in [0.5, 0.6) is 0 Å². The Labute approximate surface area is 443 Å². The van der Waals surface area contributed by atoms with Crippen molar-refractivity contribution in [1.82, 2.24) is 47.9 Å². The number of rotatable bonds is 42. The van der Waals surface area contributed by atoms with E-state index in [1.165, 1.54) is 6.92 Å². The van der Waals surface area contributed by atoms with Crippen molar-refractivity contribution in [1.29, 1.82) is 0 Å². The molecule has 1 aliphatic carbocycles. The van der Waals surface area contributed by atoms with Crippen LogP contribution in [-0.4, -0.2) is 161 Å². The van der Waals surface area contributed by atoms with Gasteiger partial charge in [-0.05, 0) is 116 Å². The number of carbonyl (C=O) groups excluding carboxylic acids is 8. The number of unbranched alkanes of at least 4 members (excludes halogenated alkanes) is 7. The van der Waals surface area contributed by atoms with Gasteiger partial charge in [0.25, 0.3) is 0 Å². The minimum Gasteiger partial charge on any atom is -0.481 e. The molecule has 0 bridgehead atoms. The van der Waals surface area contributed by atoms with Crippen LogP contribution in [0.3, 0.4) is 0 Å². The van der Waals surface area contributed by atoms with E-state index in [9.17, 15) is 72.9 Å². The van der Waals surface area contributed by atoms with Gasteiger partial charge in [-0.3, -0.25) is 43.2 Å². The van der Waals surface area contributed by atoms with Crippen LogP contribution in [-0.2, 0) is 52.7 Å². The Morgan fingerprint density at radius 1 is 0.467 bits per heavy atom. The van der Waals surface area contributed by atoms with Gasteiger partial charge >= 0.3 is 29.9 Å². The fourth-order valence-corrected chi connectivity index (χ4v) is 8.43. The van der Waals surface area contributed by atoms with E-state index >= 15 is 0 Å². The Balaban J connectivity index is 2.37. The van der Waals surface area contributed by atoms with Crippen LogP contribution < -0.4 is 47.9 Å². The van der Waals surface area contributed by atoms with E-state index < -0.39 is 103 Å². The zero-order valence-corrected chi connectivity index (χ0v) is 44.4. The van der Waals surface area contributed by atoms with Gasteiger partial charge in [-0.2, -0.15) is 12.6 Å². The molecule has 0 radical (unpaired) electrons. The number of carboxylic acid groups (broad SMARTS) is 4. The van der Waals surface area contributed by atoms with Crippen molar-refractivity contribution in [2.45, 2.75) is 185 Å². The third kappa shape index (κ3) is 32.1. The first kappa shape index (κ1) is 67.0. The van der Waals surface area contributed by atoms with Crippen molar-refractivity contribution in [3.63, 3.8) is 0 Å². The molecule has 426 valence electrons. The number of ketones is 1. The van der Waals surface area contributed by atoms with Crippen molar-refractivity contribution < 1.29 is 78.0 Å². The molecule has 1 aliphatic rings. The van der Waals surface area contributed by atoms with Crippen LogP contribution in [0.1, 0.15) is 155 Å². The number of carboxylic acids is 4. The topological polar surface area (TPSA) is 394 Å². The predicted octanol–water partition coefficient (Wildman–Crippen LogP) is 1.12. The van der Waals surface area contributed by atoms with Gasteiger partial charge in [0.05, 0.1) is 6.04 Å². The van der Waals surface area contributed by atoms with Gasteiger partial charge in [-0.15, -0.1) is 0 Å². The summed E-state index contributed by atoms with van der Waals surface area (Å²) in [5, 5.41) is 60.3. The Morgan fingerprint density at radius 2 is 0.960 bits per heavy atom. The highest BCUT2D eigenvalue weighted by Crippen LogP contribution is 2.28. The van der Waals surface area contributed by atoms with Crippen molar-refractivity contribution in [3.05, 3.63) is 0 Å². The minimum absolute atomic E-state index is 0.0353. The van der Waals surface area contributed by atoms with Crippen LogP contribution in [0.2, 0.25) is 0 Å². The fraction of sp³-hybridized carbons (Fsp3) is 0.755. The summed E-state index contributed by atoms with van der Waals surface area (Å²) in [5.41, 5.74) is 0. The first-order valence-electron chi connectivity index (χ1n) is 26.1. The smallest absolute Gasteiger partial charge is 0.326 e. The molecular formula is C49H83N9O16S. The molecule has 0 aliphatic heterocycles. The van der Waals surface area contributed by atoms with Gasteiger partial charge in [0, 0.05) is 63.4 Å². The second kappa shape index (κ2) is 39.4. The van der Waals surface area contributed by atoms with Gasteiger partial charge in [0.15, 0.2) is 5.78 Å². The number of aliphatic carboxylic acids is 4. The molecule has 5 atom stereocenters. The molecule has 1 rings (SSSR count). The van der Waals surface area contributed by atoms with E-state index in [-0.39, 0.29) is 60.9 Å². The average Bonchev–Trinajstić information content (AvgIpc) is 3.36. The predicted molar refractivity (Wildman–Crippen MR) is 276 cm³/mol. The van der Waals surface area contributed by atoms with Crippen LogP contribution in [0.4, 0.5) is 4.79 Å². The SMILES string of the molecule is CNCCCCC(NC(=O)CCCCCCCNC(=O)C(CS)NC(=O)C(CCC(=O)O)NC(=O)CCCCCNC(=O)C1CCC(CNC(=O)CCC(NC(=O)NC(CCC(=O)O)C(=O)O)C(=O)O)CC1)C(C)=O. The third-order valence-electron chi connectivity index (χ3n) is 12.7. The van der Waals surface area contributed by atoms with E-state index in [4.69, 9.17) is 5.11 Å². The maximum Gasteiger partial charge on any atom is 0.326 e. The lowest BCUT2D eigenvalue weighted by atomic mass is 9.81. The number of Topliss-reactive ketones (excluding diaryl/α,β-unsaturated/α-hetero) is 1. The number of hydrogen-bond donors (Lipinski definition) is 14. The average molecular weight is 1090 g/mol. The lowest BCUT2D eigenvalue weighted by molar-refractivity contribution is -0.141. The van der Waals surface area contributed by atoms with Crippen LogP contribution in [0, 0.1) is 11.8 Å². The molecule has 8 amide bonds. The summed E-state index contributed by atoms with van der Waals surface area (Å²) in [6.45, 7) is 3.33. The molecule has 0 spiro atoms. The Bertz CT molecular complexity index is 1870. The summed E-state index contributed by atoms with van der Waals surface area (Å²) in [7, 11) is 1.86. The quantitative estimate of drug-likeness (QED) is 0.0301. The van der Waals surface area contributed by atoms with Crippen molar-refractivity contribution >= 4 is 83.8 Å². The summed E-state index contributed by atoms with van der Waals surface area (Å²) in [4.78, 5) is 146. The highest BCUT2D eigenvalue weighted by atomic mass is 32.1.